The fourth-order valence-electron chi connectivity index (χ4n) is 0.958. The molecule has 0 aliphatic heterocycles. The number of esters is 1. The molecule has 0 aromatic carbocycles. The van der Waals surface area contributed by atoms with E-state index in [4.69, 9.17) is 19.3 Å². The monoisotopic (exact) mass is 252 g/mol. The molecule has 0 aliphatic carbocycles. The Morgan fingerprint density at radius 2 is 2.00 bits per heavy atom. The summed E-state index contributed by atoms with van der Waals surface area (Å²) in [6.07, 6.45) is 0.481. The van der Waals surface area contributed by atoms with Crippen LogP contribution in [-0.4, -0.2) is 56.0 Å². The summed E-state index contributed by atoms with van der Waals surface area (Å²) < 4.78 is 15.3. The lowest BCUT2D eigenvalue weighted by atomic mass is 10.3. The minimum Gasteiger partial charge on any atom is -0.459 e. The average molecular weight is 252 g/mol. The molecular weight excluding hydrogens is 232 g/mol. The highest BCUT2D eigenvalue weighted by molar-refractivity contribution is 7.81. The van der Waals surface area contributed by atoms with Gasteiger partial charge in [0.2, 0.25) is 0 Å². The number of ether oxygens (including phenoxy) is 3. The molecule has 0 aliphatic rings. The summed E-state index contributed by atoms with van der Waals surface area (Å²) in [6.45, 7) is 3.46. The zero-order chi connectivity index (χ0) is 12.2. The minimum absolute atomic E-state index is 0.0111. The molecule has 1 unspecified atom stereocenters. The van der Waals surface area contributed by atoms with Gasteiger partial charge in [-0.05, 0) is 6.42 Å². The summed E-state index contributed by atoms with van der Waals surface area (Å²) in [5, 5.41) is 8.44. The first-order valence-corrected chi connectivity index (χ1v) is 5.94. The van der Waals surface area contributed by atoms with Crippen LogP contribution in [0.25, 0.3) is 0 Å². The van der Waals surface area contributed by atoms with E-state index < -0.39 is 0 Å². The highest BCUT2D eigenvalue weighted by Crippen LogP contribution is 2.00. The second-order valence-corrected chi connectivity index (χ2v) is 3.41. The van der Waals surface area contributed by atoms with Crippen LogP contribution < -0.4 is 0 Å². The van der Waals surface area contributed by atoms with Gasteiger partial charge in [0, 0.05) is 0 Å². The Bertz CT molecular complexity index is 177. The van der Waals surface area contributed by atoms with Crippen molar-refractivity contribution in [2.24, 2.45) is 0 Å². The van der Waals surface area contributed by atoms with Crippen molar-refractivity contribution < 1.29 is 24.1 Å². The second-order valence-electron chi connectivity index (χ2n) is 3.09. The maximum absolute atomic E-state index is 10.9. The van der Waals surface area contributed by atoms with Gasteiger partial charge < -0.3 is 19.3 Å². The molecule has 96 valence electrons. The predicted molar refractivity (Wildman–Crippen MR) is 62.7 cm³/mol. The summed E-state index contributed by atoms with van der Waals surface area (Å²) >= 11 is 3.82. The van der Waals surface area contributed by atoms with E-state index in [1.807, 2.05) is 6.92 Å². The maximum Gasteiger partial charge on any atom is 0.315 e. The number of rotatable bonds is 10. The molecule has 5 nitrogen and oxygen atoms in total. The number of aliphatic hydroxyl groups is 1. The lowest BCUT2D eigenvalue weighted by molar-refractivity contribution is -0.149. The largest absolute Gasteiger partial charge is 0.459 e. The quantitative estimate of drug-likeness (QED) is 0.332. The molecule has 1 N–H and O–H groups in total. The minimum atomic E-state index is -0.338. The number of carbonyl (C=O) groups is 1. The number of carbonyl (C=O) groups excluding carboxylic acids is 1. The fraction of sp³-hybridized carbons (Fsp3) is 0.900. The van der Waals surface area contributed by atoms with Gasteiger partial charge in [0.1, 0.15) is 6.10 Å². The average Bonchev–Trinajstić information content (AvgIpc) is 2.31. The fourth-order valence-corrected chi connectivity index (χ4v) is 1.03. The van der Waals surface area contributed by atoms with E-state index in [-0.39, 0.29) is 24.4 Å². The standard InChI is InChI=1S/C10H20O5S/c1-2-9(15-10(12)8-16)7-14-6-5-13-4-3-11/h9,11,16H,2-8H2,1H3. The van der Waals surface area contributed by atoms with Gasteiger partial charge in [-0.1, -0.05) is 6.92 Å². The molecule has 6 heteroatoms. The Morgan fingerprint density at radius 1 is 1.31 bits per heavy atom. The van der Waals surface area contributed by atoms with Crippen molar-refractivity contribution in [3.8, 4) is 0 Å². The van der Waals surface area contributed by atoms with Crippen LogP contribution in [0.15, 0.2) is 0 Å². The van der Waals surface area contributed by atoms with E-state index in [9.17, 15) is 4.79 Å². The van der Waals surface area contributed by atoms with Crippen LogP contribution in [0, 0.1) is 0 Å². The maximum atomic E-state index is 10.9. The van der Waals surface area contributed by atoms with Gasteiger partial charge in [-0.25, -0.2) is 0 Å². The van der Waals surface area contributed by atoms with E-state index in [1.165, 1.54) is 0 Å². The van der Waals surface area contributed by atoms with Gasteiger partial charge >= 0.3 is 5.97 Å². The highest BCUT2D eigenvalue weighted by atomic mass is 32.1. The molecule has 0 heterocycles. The van der Waals surface area contributed by atoms with Crippen molar-refractivity contribution in [3.63, 3.8) is 0 Å². The third-order valence-electron chi connectivity index (χ3n) is 1.79. The molecule has 16 heavy (non-hydrogen) atoms. The molecule has 0 fully saturated rings. The molecular formula is C10H20O5S. The molecule has 0 spiro atoms. The highest BCUT2D eigenvalue weighted by Gasteiger charge is 2.11. The van der Waals surface area contributed by atoms with Crippen LogP contribution in [0.5, 0.6) is 0 Å². The van der Waals surface area contributed by atoms with Gasteiger partial charge in [0.25, 0.3) is 0 Å². The molecule has 0 saturated heterocycles. The predicted octanol–water partition coefficient (Wildman–Crippen LogP) is 0.264. The van der Waals surface area contributed by atoms with Crippen LogP contribution in [0.3, 0.4) is 0 Å². The van der Waals surface area contributed by atoms with E-state index >= 15 is 0 Å². The van der Waals surface area contributed by atoms with Crippen LogP contribution in [-0.2, 0) is 19.0 Å². The van der Waals surface area contributed by atoms with Crippen molar-refractivity contribution in [2.45, 2.75) is 19.4 Å². The zero-order valence-electron chi connectivity index (χ0n) is 9.55. The van der Waals surface area contributed by atoms with Crippen molar-refractivity contribution in [1.82, 2.24) is 0 Å². The van der Waals surface area contributed by atoms with E-state index in [0.29, 0.717) is 32.8 Å². The summed E-state index contributed by atoms with van der Waals surface area (Å²) in [5.41, 5.74) is 0. The van der Waals surface area contributed by atoms with Gasteiger partial charge in [0.15, 0.2) is 0 Å². The van der Waals surface area contributed by atoms with Crippen molar-refractivity contribution >= 4 is 18.6 Å². The third-order valence-corrected chi connectivity index (χ3v) is 2.05. The summed E-state index contributed by atoms with van der Waals surface area (Å²) in [4.78, 5) is 10.9. The topological polar surface area (TPSA) is 65.0 Å². The smallest absolute Gasteiger partial charge is 0.315 e. The Hall–Kier alpha value is -0.300. The molecule has 0 rings (SSSR count). The van der Waals surface area contributed by atoms with E-state index in [1.54, 1.807) is 0 Å². The lowest BCUT2D eigenvalue weighted by Gasteiger charge is -2.15. The lowest BCUT2D eigenvalue weighted by Crippen LogP contribution is -2.24. The molecule has 0 amide bonds. The zero-order valence-corrected chi connectivity index (χ0v) is 10.4. The number of hydrogen-bond acceptors (Lipinski definition) is 6. The molecule has 0 aromatic heterocycles. The number of thiol groups is 1. The molecule has 0 aromatic rings. The van der Waals surface area contributed by atoms with E-state index in [2.05, 4.69) is 12.6 Å². The van der Waals surface area contributed by atoms with Crippen molar-refractivity contribution in [3.05, 3.63) is 0 Å². The number of aliphatic hydroxyl groups excluding tert-OH is 1. The molecule has 0 saturated carbocycles. The van der Waals surface area contributed by atoms with Gasteiger partial charge in [-0.2, -0.15) is 12.6 Å². The first-order chi connectivity index (χ1) is 7.74. The Morgan fingerprint density at radius 3 is 2.56 bits per heavy atom. The normalized spacial score (nSPS) is 12.4. The van der Waals surface area contributed by atoms with Crippen LogP contribution in [0.2, 0.25) is 0 Å². The van der Waals surface area contributed by atoms with Crippen LogP contribution in [0.1, 0.15) is 13.3 Å². The molecule has 0 radical (unpaired) electrons. The third kappa shape index (κ3) is 8.96. The van der Waals surface area contributed by atoms with Crippen molar-refractivity contribution in [2.75, 3.05) is 38.8 Å². The Balaban J connectivity index is 3.44. The first kappa shape index (κ1) is 15.7. The molecule has 1 atom stereocenters. The Labute approximate surface area is 101 Å². The van der Waals surface area contributed by atoms with E-state index in [0.717, 1.165) is 0 Å². The summed E-state index contributed by atoms with van der Waals surface area (Å²) in [7, 11) is 0. The van der Waals surface area contributed by atoms with Gasteiger partial charge in [0.05, 0.1) is 38.8 Å². The summed E-state index contributed by atoms with van der Waals surface area (Å²) in [5.74, 6) is -0.258. The second kappa shape index (κ2) is 11.2. The van der Waals surface area contributed by atoms with Crippen LogP contribution >= 0.6 is 12.6 Å². The summed E-state index contributed by atoms with van der Waals surface area (Å²) in [6, 6.07) is 0. The van der Waals surface area contributed by atoms with Gasteiger partial charge in [-0.15, -0.1) is 0 Å². The number of hydrogen-bond donors (Lipinski definition) is 2. The van der Waals surface area contributed by atoms with Crippen molar-refractivity contribution in [1.29, 1.82) is 0 Å². The van der Waals surface area contributed by atoms with Crippen LogP contribution in [0.4, 0.5) is 0 Å². The SMILES string of the molecule is CCC(COCCOCCO)OC(=O)CS. The first-order valence-electron chi connectivity index (χ1n) is 5.31. The Kier molecular flexibility index (Phi) is 11.0. The molecule has 0 bridgehead atoms. The van der Waals surface area contributed by atoms with Gasteiger partial charge in [-0.3, -0.25) is 4.79 Å².